The van der Waals surface area contributed by atoms with Crippen molar-refractivity contribution in [1.82, 2.24) is 0 Å². The number of thiocarbonyl (C=S) groups is 1. The van der Waals surface area contributed by atoms with Gasteiger partial charge in [-0.25, -0.2) is 0 Å². The van der Waals surface area contributed by atoms with E-state index < -0.39 is 0 Å². The second-order valence-electron chi connectivity index (χ2n) is 7.82. The van der Waals surface area contributed by atoms with E-state index >= 15 is 0 Å². The van der Waals surface area contributed by atoms with Crippen LogP contribution in [-0.2, 0) is 9.59 Å². The topological polar surface area (TPSA) is 67.9 Å². The molecule has 0 aliphatic carbocycles. The SMILES string of the molecule is CCOc1ccc(N2C(=O)/C(=C/c3cccc(OCC(=O)Nc4ccc(Br)c(C)c4)c3)SC2=S)cc1. The Morgan fingerprint density at radius 2 is 1.86 bits per heavy atom. The average molecular weight is 584 g/mol. The van der Waals surface area contributed by atoms with E-state index in [-0.39, 0.29) is 18.4 Å². The van der Waals surface area contributed by atoms with Gasteiger partial charge in [-0.15, -0.1) is 0 Å². The van der Waals surface area contributed by atoms with Crippen molar-refractivity contribution in [2.75, 3.05) is 23.4 Å². The fourth-order valence-electron chi connectivity index (χ4n) is 3.46. The lowest BCUT2D eigenvalue weighted by molar-refractivity contribution is -0.118. The number of amides is 2. The second kappa shape index (κ2) is 11.7. The number of nitrogens with one attached hydrogen (secondary N) is 1. The summed E-state index contributed by atoms with van der Waals surface area (Å²) in [5.74, 6) is 0.801. The second-order valence-corrected chi connectivity index (χ2v) is 10.3. The quantitative estimate of drug-likeness (QED) is 0.239. The molecule has 0 bridgehead atoms. The Morgan fingerprint density at radius 1 is 1.08 bits per heavy atom. The summed E-state index contributed by atoms with van der Waals surface area (Å²) >= 11 is 10.2. The number of hydrogen-bond acceptors (Lipinski definition) is 6. The first-order valence-corrected chi connectivity index (χ1v) is 13.2. The summed E-state index contributed by atoms with van der Waals surface area (Å²) in [4.78, 5) is 27.4. The molecule has 0 saturated carbocycles. The number of nitrogens with zero attached hydrogens (tertiary/aromatic N) is 1. The molecule has 9 heteroatoms. The molecule has 3 aromatic carbocycles. The third-order valence-electron chi connectivity index (χ3n) is 5.17. The van der Waals surface area contributed by atoms with Crippen LogP contribution in [0.1, 0.15) is 18.1 Å². The number of aryl methyl sites for hydroxylation is 1. The van der Waals surface area contributed by atoms with Crippen LogP contribution in [0.2, 0.25) is 0 Å². The van der Waals surface area contributed by atoms with E-state index in [1.165, 1.54) is 16.7 Å². The van der Waals surface area contributed by atoms with Gasteiger partial charge in [0.05, 0.1) is 17.2 Å². The summed E-state index contributed by atoms with van der Waals surface area (Å²) in [6.45, 7) is 4.30. The molecule has 6 nitrogen and oxygen atoms in total. The van der Waals surface area contributed by atoms with Crippen LogP contribution >= 0.6 is 39.9 Å². The van der Waals surface area contributed by atoms with Crippen molar-refractivity contribution in [1.29, 1.82) is 0 Å². The minimum absolute atomic E-state index is 0.140. The molecular formula is C27H23BrN2O4S2. The van der Waals surface area contributed by atoms with Crippen LogP contribution in [0.5, 0.6) is 11.5 Å². The van der Waals surface area contributed by atoms with Gasteiger partial charge in [0.15, 0.2) is 10.9 Å². The molecule has 3 aromatic rings. The van der Waals surface area contributed by atoms with Gasteiger partial charge >= 0.3 is 0 Å². The largest absolute Gasteiger partial charge is 0.494 e. The normalized spacial score (nSPS) is 14.3. The van der Waals surface area contributed by atoms with Gasteiger partial charge in [-0.1, -0.05) is 52.0 Å². The lowest BCUT2D eigenvalue weighted by Gasteiger charge is -2.15. The summed E-state index contributed by atoms with van der Waals surface area (Å²) in [6.07, 6.45) is 1.77. The van der Waals surface area contributed by atoms with E-state index in [9.17, 15) is 9.59 Å². The Hall–Kier alpha value is -3.14. The molecular weight excluding hydrogens is 560 g/mol. The monoisotopic (exact) mass is 582 g/mol. The highest BCUT2D eigenvalue weighted by atomic mass is 79.9. The first-order chi connectivity index (χ1) is 17.3. The Morgan fingerprint density at radius 3 is 2.58 bits per heavy atom. The number of hydrogen-bond donors (Lipinski definition) is 1. The fourth-order valence-corrected chi connectivity index (χ4v) is 5.01. The van der Waals surface area contributed by atoms with Gasteiger partial charge in [0.25, 0.3) is 11.8 Å². The molecule has 0 unspecified atom stereocenters. The number of halogens is 1. The van der Waals surface area contributed by atoms with E-state index in [1.54, 1.807) is 18.2 Å². The lowest BCUT2D eigenvalue weighted by atomic mass is 10.2. The number of rotatable bonds is 8. The van der Waals surface area contributed by atoms with Crippen molar-refractivity contribution in [3.05, 3.63) is 87.2 Å². The van der Waals surface area contributed by atoms with Crippen molar-refractivity contribution in [3.8, 4) is 11.5 Å². The van der Waals surface area contributed by atoms with Crippen molar-refractivity contribution in [2.45, 2.75) is 13.8 Å². The van der Waals surface area contributed by atoms with E-state index in [4.69, 9.17) is 21.7 Å². The molecule has 1 saturated heterocycles. The summed E-state index contributed by atoms with van der Waals surface area (Å²) < 4.78 is 12.6. The predicted molar refractivity (Wildman–Crippen MR) is 153 cm³/mol. The third kappa shape index (κ3) is 6.34. The molecule has 0 spiro atoms. The highest BCUT2D eigenvalue weighted by molar-refractivity contribution is 9.10. The van der Waals surface area contributed by atoms with Gasteiger partial charge in [-0.3, -0.25) is 14.5 Å². The van der Waals surface area contributed by atoms with Crippen molar-refractivity contribution in [2.24, 2.45) is 0 Å². The van der Waals surface area contributed by atoms with Crippen molar-refractivity contribution < 1.29 is 19.1 Å². The molecule has 2 amide bonds. The van der Waals surface area contributed by atoms with E-state index in [0.717, 1.165) is 21.3 Å². The van der Waals surface area contributed by atoms with Crippen LogP contribution < -0.4 is 19.7 Å². The number of anilines is 2. The molecule has 1 aliphatic heterocycles. The van der Waals surface area contributed by atoms with Crippen molar-refractivity contribution >= 4 is 73.5 Å². The molecule has 0 atom stereocenters. The molecule has 1 N–H and O–H groups in total. The number of benzene rings is 3. The zero-order valence-corrected chi connectivity index (χ0v) is 22.8. The first kappa shape index (κ1) is 25.9. The number of thioether (sulfide) groups is 1. The van der Waals surface area contributed by atoms with Crippen LogP contribution in [0.15, 0.2) is 76.1 Å². The molecule has 0 aromatic heterocycles. The number of carbonyl (C=O) groups excluding carboxylic acids is 2. The summed E-state index contributed by atoms with van der Waals surface area (Å²) in [7, 11) is 0. The lowest BCUT2D eigenvalue weighted by Crippen LogP contribution is -2.27. The van der Waals surface area contributed by atoms with Gasteiger partial charge in [-0.2, -0.15) is 0 Å². The van der Waals surface area contributed by atoms with E-state index in [1.807, 2.05) is 68.4 Å². The Bertz CT molecular complexity index is 1340. The van der Waals surface area contributed by atoms with Gasteiger partial charge in [-0.05, 0) is 85.6 Å². The molecule has 0 radical (unpaired) electrons. The Labute approximate surface area is 227 Å². The molecule has 184 valence electrons. The zero-order chi connectivity index (χ0) is 25.7. The average Bonchev–Trinajstić information content (AvgIpc) is 3.13. The Balaban J connectivity index is 1.40. The zero-order valence-electron chi connectivity index (χ0n) is 19.6. The van der Waals surface area contributed by atoms with Crippen LogP contribution in [-0.4, -0.2) is 29.3 Å². The maximum Gasteiger partial charge on any atom is 0.270 e. The maximum atomic E-state index is 13.1. The predicted octanol–water partition coefficient (Wildman–Crippen LogP) is 6.58. The first-order valence-electron chi connectivity index (χ1n) is 11.1. The highest BCUT2D eigenvalue weighted by Gasteiger charge is 2.33. The van der Waals surface area contributed by atoms with Crippen molar-refractivity contribution in [3.63, 3.8) is 0 Å². The van der Waals surface area contributed by atoms with Gasteiger partial charge in [0.2, 0.25) is 0 Å². The van der Waals surface area contributed by atoms with Gasteiger partial charge in [0, 0.05) is 10.2 Å². The highest BCUT2D eigenvalue weighted by Crippen LogP contribution is 2.36. The summed E-state index contributed by atoms with van der Waals surface area (Å²) in [6, 6.07) is 20.1. The minimum atomic E-state index is -0.265. The van der Waals surface area contributed by atoms with Crippen LogP contribution in [0.4, 0.5) is 11.4 Å². The van der Waals surface area contributed by atoms with Crippen LogP contribution in [0.25, 0.3) is 6.08 Å². The van der Waals surface area contributed by atoms with E-state index in [0.29, 0.717) is 33.0 Å². The number of ether oxygens (including phenoxy) is 2. The minimum Gasteiger partial charge on any atom is -0.494 e. The van der Waals surface area contributed by atoms with Crippen LogP contribution in [0.3, 0.4) is 0 Å². The number of carbonyl (C=O) groups is 2. The molecule has 36 heavy (non-hydrogen) atoms. The Kier molecular flexibility index (Phi) is 8.45. The van der Waals surface area contributed by atoms with E-state index in [2.05, 4.69) is 21.2 Å². The third-order valence-corrected chi connectivity index (χ3v) is 7.36. The molecule has 1 fully saturated rings. The smallest absolute Gasteiger partial charge is 0.270 e. The fraction of sp³-hybridized carbons (Fsp3) is 0.148. The summed E-state index contributed by atoms with van der Waals surface area (Å²) in [5.41, 5.74) is 3.18. The van der Waals surface area contributed by atoms with Gasteiger partial charge in [0.1, 0.15) is 11.5 Å². The standard InChI is InChI=1S/C27H23BrN2O4S2/c1-3-33-21-10-8-20(9-11-21)30-26(32)24(36-27(30)35)15-18-5-4-6-22(14-18)34-16-25(31)29-19-7-12-23(28)17(2)13-19/h4-15H,3,16H2,1-2H3,(H,29,31)/b24-15-. The molecule has 1 aliphatic rings. The van der Waals surface area contributed by atoms with Gasteiger partial charge < -0.3 is 14.8 Å². The summed E-state index contributed by atoms with van der Waals surface area (Å²) in [5, 5.41) is 2.82. The van der Waals surface area contributed by atoms with Crippen LogP contribution in [0, 0.1) is 6.92 Å². The molecule has 1 heterocycles. The molecule has 4 rings (SSSR count). The maximum absolute atomic E-state index is 13.1.